The molecular formula is C17H21F3N4. The van der Waals surface area contributed by atoms with Crippen LogP contribution in [-0.4, -0.2) is 16.5 Å². The molecule has 0 atom stereocenters. The van der Waals surface area contributed by atoms with Crippen molar-refractivity contribution < 1.29 is 13.2 Å². The number of benzene rings is 1. The van der Waals surface area contributed by atoms with Gasteiger partial charge in [-0.15, -0.1) is 0 Å². The van der Waals surface area contributed by atoms with Crippen LogP contribution in [0.2, 0.25) is 0 Å². The monoisotopic (exact) mass is 338 g/mol. The van der Waals surface area contributed by atoms with Gasteiger partial charge in [0, 0.05) is 12.1 Å². The summed E-state index contributed by atoms with van der Waals surface area (Å²) in [7, 11) is 0. The number of nitrogens with zero attached hydrogens (tertiary/aromatic N) is 3. The molecule has 4 nitrogen and oxygen atoms in total. The van der Waals surface area contributed by atoms with E-state index in [9.17, 15) is 13.2 Å². The van der Waals surface area contributed by atoms with E-state index in [4.69, 9.17) is 5.73 Å². The van der Waals surface area contributed by atoms with Gasteiger partial charge in [-0.3, -0.25) is 0 Å². The van der Waals surface area contributed by atoms with Gasteiger partial charge < -0.3 is 10.6 Å². The van der Waals surface area contributed by atoms with E-state index < -0.39 is 17.5 Å². The molecule has 0 aliphatic carbocycles. The summed E-state index contributed by atoms with van der Waals surface area (Å²) in [5.74, 6) is -3.51. The number of anilines is 3. The quantitative estimate of drug-likeness (QED) is 0.804. The SMILES string of the molecule is CCCc1nc(N(CC)c2ccc(F)c(F)c2F)nc(N)c1CC. The highest BCUT2D eigenvalue weighted by Crippen LogP contribution is 2.29. The smallest absolute Gasteiger partial charge is 0.232 e. The highest BCUT2D eigenvalue weighted by Gasteiger charge is 2.22. The molecule has 1 heterocycles. The van der Waals surface area contributed by atoms with Crippen LogP contribution in [0.5, 0.6) is 0 Å². The average Bonchev–Trinajstić information content (AvgIpc) is 2.55. The minimum Gasteiger partial charge on any atom is -0.383 e. The molecule has 0 aliphatic heterocycles. The molecule has 24 heavy (non-hydrogen) atoms. The van der Waals surface area contributed by atoms with Crippen LogP contribution >= 0.6 is 0 Å². The van der Waals surface area contributed by atoms with Gasteiger partial charge >= 0.3 is 0 Å². The summed E-state index contributed by atoms with van der Waals surface area (Å²) in [5.41, 5.74) is 7.56. The van der Waals surface area contributed by atoms with Gasteiger partial charge in [-0.25, -0.2) is 18.2 Å². The first kappa shape index (κ1) is 18.0. The summed E-state index contributed by atoms with van der Waals surface area (Å²) in [5, 5.41) is 0. The zero-order chi connectivity index (χ0) is 17.9. The molecule has 0 bridgehead atoms. The fourth-order valence-corrected chi connectivity index (χ4v) is 2.63. The molecule has 0 spiro atoms. The van der Waals surface area contributed by atoms with Gasteiger partial charge in [0.25, 0.3) is 0 Å². The molecule has 0 amide bonds. The van der Waals surface area contributed by atoms with E-state index >= 15 is 0 Å². The van der Waals surface area contributed by atoms with Gasteiger partial charge in [0.1, 0.15) is 5.82 Å². The first-order valence-electron chi connectivity index (χ1n) is 8.00. The number of halogens is 3. The van der Waals surface area contributed by atoms with E-state index in [1.807, 2.05) is 13.8 Å². The fraction of sp³-hybridized carbons (Fsp3) is 0.412. The highest BCUT2D eigenvalue weighted by molar-refractivity contribution is 5.60. The number of aryl methyl sites for hydroxylation is 1. The largest absolute Gasteiger partial charge is 0.383 e. The summed E-state index contributed by atoms with van der Waals surface area (Å²) >= 11 is 0. The molecule has 0 aliphatic rings. The second-order valence-corrected chi connectivity index (χ2v) is 5.38. The number of hydrogen-bond acceptors (Lipinski definition) is 4. The lowest BCUT2D eigenvalue weighted by atomic mass is 10.1. The second kappa shape index (κ2) is 7.51. The highest BCUT2D eigenvalue weighted by atomic mass is 19.2. The maximum atomic E-state index is 14.1. The van der Waals surface area contributed by atoms with Crippen molar-refractivity contribution in [2.24, 2.45) is 0 Å². The predicted molar refractivity (Wildman–Crippen MR) is 88.8 cm³/mol. The Morgan fingerprint density at radius 1 is 1.04 bits per heavy atom. The van der Waals surface area contributed by atoms with Gasteiger partial charge in [-0.2, -0.15) is 4.98 Å². The van der Waals surface area contributed by atoms with Crippen LogP contribution in [0.4, 0.5) is 30.6 Å². The molecule has 0 unspecified atom stereocenters. The minimum atomic E-state index is -1.52. The molecule has 1 aromatic carbocycles. The Balaban J connectivity index is 2.57. The molecule has 2 aromatic rings. The molecule has 2 rings (SSSR count). The standard InChI is InChI=1S/C17H21F3N4/c1-4-7-12-10(5-2)16(21)23-17(22-12)24(6-3)13-9-8-11(18)14(19)15(13)20/h8-9H,4-7H2,1-3H3,(H2,21,22,23). The summed E-state index contributed by atoms with van der Waals surface area (Å²) < 4.78 is 40.9. The summed E-state index contributed by atoms with van der Waals surface area (Å²) in [6.07, 6.45) is 2.27. The van der Waals surface area contributed by atoms with Gasteiger partial charge in [0.2, 0.25) is 5.95 Å². The maximum absolute atomic E-state index is 14.1. The Labute approximate surface area is 139 Å². The molecule has 7 heteroatoms. The van der Waals surface area contributed by atoms with Crippen molar-refractivity contribution in [2.45, 2.75) is 40.0 Å². The Kier molecular flexibility index (Phi) is 5.64. The zero-order valence-electron chi connectivity index (χ0n) is 14.0. The first-order valence-corrected chi connectivity index (χ1v) is 8.00. The van der Waals surface area contributed by atoms with E-state index in [1.54, 1.807) is 6.92 Å². The van der Waals surface area contributed by atoms with Crippen molar-refractivity contribution >= 4 is 17.5 Å². The van der Waals surface area contributed by atoms with Crippen molar-refractivity contribution in [3.8, 4) is 0 Å². The second-order valence-electron chi connectivity index (χ2n) is 5.38. The summed E-state index contributed by atoms with van der Waals surface area (Å²) in [6.45, 7) is 6.00. The van der Waals surface area contributed by atoms with Crippen molar-refractivity contribution in [3.63, 3.8) is 0 Å². The molecule has 0 saturated heterocycles. The predicted octanol–water partition coefficient (Wildman–Crippen LogP) is 4.15. The van der Waals surface area contributed by atoms with E-state index in [1.165, 1.54) is 11.0 Å². The van der Waals surface area contributed by atoms with Crippen molar-refractivity contribution in [1.82, 2.24) is 9.97 Å². The number of hydrogen-bond donors (Lipinski definition) is 1. The Morgan fingerprint density at radius 2 is 1.75 bits per heavy atom. The van der Waals surface area contributed by atoms with Gasteiger partial charge in [0.05, 0.1) is 11.4 Å². The Morgan fingerprint density at radius 3 is 2.33 bits per heavy atom. The van der Waals surface area contributed by atoms with Crippen LogP contribution in [-0.2, 0) is 12.8 Å². The van der Waals surface area contributed by atoms with E-state index in [0.29, 0.717) is 18.7 Å². The zero-order valence-corrected chi connectivity index (χ0v) is 14.0. The van der Waals surface area contributed by atoms with E-state index in [-0.39, 0.29) is 18.2 Å². The van der Waals surface area contributed by atoms with Gasteiger partial charge in [-0.05, 0) is 31.9 Å². The van der Waals surface area contributed by atoms with Crippen molar-refractivity contribution in [1.29, 1.82) is 0 Å². The van der Waals surface area contributed by atoms with Crippen molar-refractivity contribution in [2.75, 3.05) is 17.2 Å². The Bertz CT molecular complexity index is 734. The molecule has 130 valence electrons. The minimum absolute atomic E-state index is 0.123. The lowest BCUT2D eigenvalue weighted by Gasteiger charge is -2.23. The average molecular weight is 338 g/mol. The number of nitrogens with two attached hydrogens (primary N) is 1. The number of aromatic nitrogens is 2. The fourth-order valence-electron chi connectivity index (χ4n) is 2.63. The van der Waals surface area contributed by atoms with Crippen LogP contribution in [0.3, 0.4) is 0 Å². The number of nitrogen functional groups attached to an aromatic ring is 1. The third-order valence-corrected chi connectivity index (χ3v) is 3.82. The topological polar surface area (TPSA) is 55.0 Å². The first-order chi connectivity index (χ1) is 11.4. The molecule has 0 fully saturated rings. The number of rotatable bonds is 6. The van der Waals surface area contributed by atoms with Crippen LogP contribution < -0.4 is 10.6 Å². The van der Waals surface area contributed by atoms with Gasteiger partial charge in [-0.1, -0.05) is 20.3 Å². The molecule has 2 N–H and O–H groups in total. The summed E-state index contributed by atoms with van der Waals surface area (Å²) in [6, 6.07) is 2.05. The lowest BCUT2D eigenvalue weighted by Crippen LogP contribution is -2.22. The van der Waals surface area contributed by atoms with Crippen LogP contribution in [0, 0.1) is 17.5 Å². The maximum Gasteiger partial charge on any atom is 0.232 e. The molecular weight excluding hydrogens is 317 g/mol. The van der Waals surface area contributed by atoms with Crippen LogP contribution in [0.15, 0.2) is 12.1 Å². The van der Waals surface area contributed by atoms with Crippen LogP contribution in [0.25, 0.3) is 0 Å². The lowest BCUT2D eigenvalue weighted by molar-refractivity contribution is 0.447. The van der Waals surface area contributed by atoms with Crippen LogP contribution in [0.1, 0.15) is 38.4 Å². The van der Waals surface area contributed by atoms with E-state index in [2.05, 4.69) is 9.97 Å². The molecule has 1 aromatic heterocycles. The summed E-state index contributed by atoms with van der Waals surface area (Å²) in [4.78, 5) is 10.1. The third-order valence-electron chi connectivity index (χ3n) is 3.82. The van der Waals surface area contributed by atoms with Gasteiger partial charge in [0.15, 0.2) is 17.5 Å². The molecule has 0 saturated carbocycles. The normalized spacial score (nSPS) is 10.9. The third kappa shape index (κ3) is 3.29. The molecule has 0 radical (unpaired) electrons. The van der Waals surface area contributed by atoms with E-state index in [0.717, 1.165) is 23.7 Å². The van der Waals surface area contributed by atoms with Crippen molar-refractivity contribution in [3.05, 3.63) is 40.8 Å². The Hall–Kier alpha value is -2.31.